The highest BCUT2D eigenvalue weighted by Crippen LogP contribution is 2.38. The Labute approximate surface area is 126 Å². The SMILES string of the molecule is CCOC(=O)C1CCc2sc(NCc3ccncn3)nc21. The molecule has 0 radical (unpaired) electrons. The summed E-state index contributed by atoms with van der Waals surface area (Å²) in [5.74, 6) is -0.366. The normalized spacial score (nSPS) is 16.5. The Hall–Kier alpha value is -2.02. The third-order valence-corrected chi connectivity index (χ3v) is 4.44. The van der Waals surface area contributed by atoms with Crippen molar-refractivity contribution in [3.63, 3.8) is 0 Å². The first-order chi connectivity index (χ1) is 10.3. The fourth-order valence-electron chi connectivity index (χ4n) is 2.36. The zero-order chi connectivity index (χ0) is 14.7. The Balaban J connectivity index is 1.67. The lowest BCUT2D eigenvalue weighted by molar-refractivity contribution is -0.145. The van der Waals surface area contributed by atoms with E-state index in [4.69, 9.17) is 4.74 Å². The van der Waals surface area contributed by atoms with Gasteiger partial charge in [-0.1, -0.05) is 0 Å². The first kappa shape index (κ1) is 13.9. The number of anilines is 1. The molecule has 2 aromatic rings. The molecule has 0 aliphatic heterocycles. The highest BCUT2D eigenvalue weighted by atomic mass is 32.1. The molecular formula is C14H16N4O2S. The van der Waals surface area contributed by atoms with Gasteiger partial charge in [0.15, 0.2) is 5.13 Å². The quantitative estimate of drug-likeness (QED) is 0.853. The molecule has 0 saturated heterocycles. The minimum Gasteiger partial charge on any atom is -0.465 e. The molecule has 0 amide bonds. The predicted molar refractivity (Wildman–Crippen MR) is 79.2 cm³/mol. The lowest BCUT2D eigenvalue weighted by Crippen LogP contribution is -2.14. The number of ether oxygens (including phenoxy) is 1. The van der Waals surface area contributed by atoms with Crippen LogP contribution in [-0.2, 0) is 22.5 Å². The van der Waals surface area contributed by atoms with E-state index in [9.17, 15) is 4.79 Å². The zero-order valence-electron chi connectivity index (χ0n) is 11.7. The van der Waals surface area contributed by atoms with Crippen LogP contribution in [0.15, 0.2) is 18.6 Å². The van der Waals surface area contributed by atoms with Crippen LogP contribution >= 0.6 is 11.3 Å². The molecule has 1 N–H and O–H groups in total. The van der Waals surface area contributed by atoms with Gasteiger partial charge in [-0.2, -0.15) is 0 Å². The van der Waals surface area contributed by atoms with Crippen molar-refractivity contribution in [1.29, 1.82) is 0 Å². The van der Waals surface area contributed by atoms with Gasteiger partial charge in [0.2, 0.25) is 0 Å². The van der Waals surface area contributed by atoms with Gasteiger partial charge in [0, 0.05) is 11.1 Å². The first-order valence-corrected chi connectivity index (χ1v) is 7.74. The average molecular weight is 304 g/mol. The molecule has 0 bridgehead atoms. The van der Waals surface area contributed by atoms with Gasteiger partial charge in [0.1, 0.15) is 12.2 Å². The summed E-state index contributed by atoms with van der Waals surface area (Å²) in [6, 6.07) is 1.86. The molecular weight excluding hydrogens is 288 g/mol. The van der Waals surface area contributed by atoms with Crippen LogP contribution in [0.1, 0.15) is 35.5 Å². The molecule has 6 nitrogen and oxygen atoms in total. The molecule has 1 aliphatic carbocycles. The van der Waals surface area contributed by atoms with Crippen LogP contribution in [-0.4, -0.2) is 27.5 Å². The van der Waals surface area contributed by atoms with Gasteiger partial charge in [-0.05, 0) is 25.8 Å². The maximum Gasteiger partial charge on any atom is 0.315 e. The van der Waals surface area contributed by atoms with E-state index in [0.29, 0.717) is 13.2 Å². The largest absolute Gasteiger partial charge is 0.465 e. The van der Waals surface area contributed by atoms with Gasteiger partial charge >= 0.3 is 5.97 Å². The van der Waals surface area contributed by atoms with Crippen molar-refractivity contribution in [2.75, 3.05) is 11.9 Å². The number of nitrogens with zero attached hydrogens (tertiary/aromatic N) is 3. The molecule has 0 aromatic carbocycles. The van der Waals surface area contributed by atoms with Crippen LogP contribution < -0.4 is 5.32 Å². The molecule has 1 unspecified atom stereocenters. The second kappa shape index (κ2) is 6.17. The molecule has 2 heterocycles. The second-order valence-corrected chi connectivity index (χ2v) is 5.81. The molecule has 0 spiro atoms. The number of nitrogens with one attached hydrogen (secondary N) is 1. The number of fused-ring (bicyclic) bond motifs is 1. The van der Waals surface area contributed by atoms with Crippen LogP contribution in [0.2, 0.25) is 0 Å². The Kier molecular flexibility index (Phi) is 4.10. The zero-order valence-corrected chi connectivity index (χ0v) is 12.5. The van der Waals surface area contributed by atoms with Gasteiger partial charge in [-0.3, -0.25) is 4.79 Å². The summed E-state index contributed by atoms with van der Waals surface area (Å²) in [7, 11) is 0. The van der Waals surface area contributed by atoms with Gasteiger partial charge in [0.05, 0.1) is 24.5 Å². The number of carbonyl (C=O) groups is 1. The molecule has 0 saturated carbocycles. The van der Waals surface area contributed by atoms with Crippen LogP contribution in [0, 0.1) is 0 Å². The number of rotatable bonds is 5. The standard InChI is InChI=1S/C14H16N4O2S/c1-2-20-13(19)10-3-4-11-12(10)18-14(21-11)16-7-9-5-6-15-8-17-9/h5-6,8,10H,2-4,7H2,1H3,(H,16,18). The van der Waals surface area contributed by atoms with Crippen LogP contribution in [0.25, 0.3) is 0 Å². The molecule has 1 aliphatic rings. The number of aryl methyl sites for hydroxylation is 1. The summed E-state index contributed by atoms with van der Waals surface area (Å²) in [6.07, 6.45) is 4.93. The molecule has 1 atom stereocenters. The Bertz CT molecular complexity index is 629. The summed E-state index contributed by atoms with van der Waals surface area (Å²) in [4.78, 5) is 25.7. The van der Waals surface area contributed by atoms with Crippen molar-refractivity contribution >= 4 is 22.4 Å². The number of carbonyl (C=O) groups excluding carboxylic acids is 1. The van der Waals surface area contributed by atoms with Crippen LogP contribution in [0.5, 0.6) is 0 Å². The van der Waals surface area contributed by atoms with Crippen LogP contribution in [0.4, 0.5) is 5.13 Å². The summed E-state index contributed by atoms with van der Waals surface area (Å²) in [6.45, 7) is 2.83. The van der Waals surface area contributed by atoms with Crippen molar-refractivity contribution in [3.8, 4) is 0 Å². The molecule has 110 valence electrons. The van der Waals surface area contributed by atoms with Gasteiger partial charge < -0.3 is 10.1 Å². The van der Waals surface area contributed by atoms with Crippen molar-refractivity contribution in [3.05, 3.63) is 34.9 Å². The van der Waals surface area contributed by atoms with E-state index in [1.807, 2.05) is 13.0 Å². The lowest BCUT2D eigenvalue weighted by Gasteiger charge is -2.08. The monoisotopic (exact) mass is 304 g/mol. The van der Waals surface area contributed by atoms with E-state index in [0.717, 1.165) is 29.4 Å². The fraction of sp³-hybridized carbons (Fsp3) is 0.429. The van der Waals surface area contributed by atoms with Crippen molar-refractivity contribution in [2.45, 2.75) is 32.2 Å². The number of esters is 1. The number of thiazole rings is 1. The molecule has 0 fully saturated rings. The summed E-state index contributed by atoms with van der Waals surface area (Å²) in [5, 5.41) is 4.07. The Morgan fingerprint density at radius 3 is 3.24 bits per heavy atom. The summed E-state index contributed by atoms with van der Waals surface area (Å²) in [5.41, 5.74) is 1.78. The van der Waals surface area contributed by atoms with Gasteiger partial charge in [-0.15, -0.1) is 11.3 Å². The maximum atomic E-state index is 11.9. The number of hydrogen-bond acceptors (Lipinski definition) is 7. The maximum absolute atomic E-state index is 11.9. The van der Waals surface area contributed by atoms with E-state index in [1.54, 1.807) is 17.5 Å². The second-order valence-electron chi connectivity index (χ2n) is 4.73. The fourth-order valence-corrected chi connectivity index (χ4v) is 3.40. The van der Waals surface area contributed by atoms with Crippen LogP contribution in [0.3, 0.4) is 0 Å². The van der Waals surface area contributed by atoms with E-state index in [1.165, 1.54) is 11.2 Å². The smallest absolute Gasteiger partial charge is 0.315 e. The number of aromatic nitrogens is 3. The van der Waals surface area contributed by atoms with Crippen molar-refractivity contribution in [1.82, 2.24) is 15.0 Å². The number of hydrogen-bond donors (Lipinski definition) is 1. The lowest BCUT2D eigenvalue weighted by atomic mass is 10.1. The third kappa shape index (κ3) is 3.02. The average Bonchev–Trinajstić information content (AvgIpc) is 3.06. The van der Waals surface area contributed by atoms with E-state index >= 15 is 0 Å². The molecule has 21 heavy (non-hydrogen) atoms. The molecule has 2 aromatic heterocycles. The molecule has 7 heteroatoms. The highest BCUT2D eigenvalue weighted by molar-refractivity contribution is 7.15. The highest BCUT2D eigenvalue weighted by Gasteiger charge is 2.33. The van der Waals surface area contributed by atoms with E-state index in [2.05, 4.69) is 20.3 Å². The van der Waals surface area contributed by atoms with Crippen molar-refractivity contribution < 1.29 is 9.53 Å². The summed E-state index contributed by atoms with van der Waals surface area (Å²) >= 11 is 1.61. The Morgan fingerprint density at radius 1 is 1.57 bits per heavy atom. The minimum atomic E-state index is -0.203. The van der Waals surface area contributed by atoms with E-state index in [-0.39, 0.29) is 11.9 Å². The Morgan fingerprint density at radius 2 is 2.48 bits per heavy atom. The molecule has 3 rings (SSSR count). The van der Waals surface area contributed by atoms with Crippen molar-refractivity contribution in [2.24, 2.45) is 0 Å². The van der Waals surface area contributed by atoms with Gasteiger partial charge in [-0.25, -0.2) is 15.0 Å². The van der Waals surface area contributed by atoms with Gasteiger partial charge in [0.25, 0.3) is 0 Å². The predicted octanol–water partition coefficient (Wildman–Crippen LogP) is 2.14. The summed E-state index contributed by atoms with van der Waals surface area (Å²) < 4.78 is 5.11. The first-order valence-electron chi connectivity index (χ1n) is 6.93. The topological polar surface area (TPSA) is 77.0 Å². The minimum absolute atomic E-state index is 0.163. The van der Waals surface area contributed by atoms with E-state index < -0.39 is 0 Å². The third-order valence-electron chi connectivity index (χ3n) is 3.35.